The van der Waals surface area contributed by atoms with Gasteiger partial charge in [0.05, 0.1) is 0 Å². The number of ketones is 2. The molecule has 0 bridgehead atoms. The molecule has 0 radical (unpaired) electrons. The SMILES string of the molecule is CC.CC.CC(=O)C1CCC2C1CCC1C2CCC2=CC(=O)CCC21C. The van der Waals surface area contributed by atoms with Crippen LogP contribution in [-0.4, -0.2) is 11.6 Å². The van der Waals surface area contributed by atoms with Gasteiger partial charge in [-0.1, -0.05) is 40.2 Å². The monoisotopic (exact) mass is 360 g/mol. The van der Waals surface area contributed by atoms with Crippen molar-refractivity contribution in [3.8, 4) is 0 Å². The van der Waals surface area contributed by atoms with Gasteiger partial charge in [-0.2, -0.15) is 0 Å². The lowest BCUT2D eigenvalue weighted by Crippen LogP contribution is -2.47. The Morgan fingerprint density at radius 3 is 2.23 bits per heavy atom. The van der Waals surface area contributed by atoms with Crippen LogP contribution < -0.4 is 0 Å². The van der Waals surface area contributed by atoms with Gasteiger partial charge in [-0.25, -0.2) is 0 Å². The highest BCUT2D eigenvalue weighted by atomic mass is 16.1. The quantitative estimate of drug-likeness (QED) is 0.543. The van der Waals surface area contributed by atoms with Crippen LogP contribution in [-0.2, 0) is 9.59 Å². The molecule has 0 amide bonds. The van der Waals surface area contributed by atoms with Crippen molar-refractivity contribution in [2.45, 2.75) is 92.9 Å². The van der Waals surface area contributed by atoms with E-state index in [1.54, 1.807) is 6.92 Å². The fraction of sp³-hybridized carbons (Fsp3) is 0.833. The minimum Gasteiger partial charge on any atom is -0.300 e. The normalized spacial score (nSPS) is 40.5. The van der Waals surface area contributed by atoms with E-state index in [1.807, 2.05) is 33.8 Å². The van der Waals surface area contributed by atoms with Crippen molar-refractivity contribution in [2.24, 2.45) is 35.0 Å². The summed E-state index contributed by atoms with van der Waals surface area (Å²) >= 11 is 0. The molecule has 4 rings (SSSR count). The van der Waals surface area contributed by atoms with Gasteiger partial charge < -0.3 is 0 Å². The summed E-state index contributed by atoms with van der Waals surface area (Å²) in [7, 11) is 0. The van der Waals surface area contributed by atoms with Crippen LogP contribution in [0.5, 0.6) is 0 Å². The number of rotatable bonds is 1. The van der Waals surface area contributed by atoms with Crippen LogP contribution in [0.4, 0.5) is 0 Å². The number of allylic oxidation sites excluding steroid dienone is 1. The molecule has 0 spiro atoms. The Morgan fingerprint density at radius 1 is 0.923 bits per heavy atom. The molecule has 6 atom stereocenters. The Balaban J connectivity index is 0.000000570. The van der Waals surface area contributed by atoms with Gasteiger partial charge in [0.2, 0.25) is 0 Å². The molecular formula is C24H40O2. The summed E-state index contributed by atoms with van der Waals surface area (Å²) < 4.78 is 0. The highest BCUT2D eigenvalue weighted by molar-refractivity contribution is 5.91. The molecule has 2 nitrogen and oxygen atoms in total. The molecule has 0 aromatic rings. The van der Waals surface area contributed by atoms with Crippen molar-refractivity contribution >= 4 is 11.6 Å². The molecule has 2 heteroatoms. The van der Waals surface area contributed by atoms with Crippen molar-refractivity contribution in [1.82, 2.24) is 0 Å². The first-order chi connectivity index (χ1) is 12.5. The number of carbonyl (C=O) groups is 2. The van der Waals surface area contributed by atoms with Gasteiger partial charge in [-0.3, -0.25) is 9.59 Å². The lowest BCUT2D eigenvalue weighted by atomic mass is 9.49. The van der Waals surface area contributed by atoms with Crippen LogP contribution in [0.2, 0.25) is 0 Å². The topological polar surface area (TPSA) is 34.1 Å². The third kappa shape index (κ3) is 3.58. The molecule has 4 aliphatic carbocycles. The Hall–Kier alpha value is -0.920. The summed E-state index contributed by atoms with van der Waals surface area (Å²) in [5, 5.41) is 0. The smallest absolute Gasteiger partial charge is 0.155 e. The number of carbonyl (C=O) groups excluding carboxylic acids is 2. The maximum absolute atomic E-state index is 11.9. The number of Topliss-reactive ketones (excluding diaryl/α,β-unsaturated/α-hetero) is 1. The van der Waals surface area contributed by atoms with Crippen LogP contribution in [0.15, 0.2) is 11.6 Å². The molecule has 4 aliphatic rings. The first-order valence-electron chi connectivity index (χ1n) is 11.2. The average Bonchev–Trinajstić information content (AvgIpc) is 3.10. The minimum absolute atomic E-state index is 0.274. The van der Waals surface area contributed by atoms with E-state index in [2.05, 4.69) is 6.92 Å². The van der Waals surface area contributed by atoms with Gasteiger partial charge >= 0.3 is 0 Å². The van der Waals surface area contributed by atoms with E-state index in [0.717, 1.165) is 43.4 Å². The number of fused-ring (bicyclic) bond motifs is 5. The van der Waals surface area contributed by atoms with Crippen molar-refractivity contribution in [1.29, 1.82) is 0 Å². The van der Waals surface area contributed by atoms with E-state index in [0.29, 0.717) is 23.4 Å². The molecule has 0 saturated heterocycles. The van der Waals surface area contributed by atoms with E-state index in [1.165, 1.54) is 31.3 Å². The lowest BCUT2D eigenvalue weighted by Gasteiger charge is -2.55. The molecule has 0 aromatic heterocycles. The Kier molecular flexibility index (Phi) is 7.27. The molecule has 6 unspecified atom stereocenters. The molecular weight excluding hydrogens is 320 g/mol. The summed E-state index contributed by atoms with van der Waals surface area (Å²) in [5.41, 5.74) is 1.72. The summed E-state index contributed by atoms with van der Waals surface area (Å²) in [4.78, 5) is 23.7. The first kappa shape index (κ1) is 21.4. The predicted molar refractivity (Wildman–Crippen MR) is 109 cm³/mol. The second-order valence-electron chi connectivity index (χ2n) is 8.56. The van der Waals surface area contributed by atoms with Crippen molar-refractivity contribution < 1.29 is 9.59 Å². The van der Waals surface area contributed by atoms with Crippen molar-refractivity contribution in [3.05, 3.63) is 11.6 Å². The largest absolute Gasteiger partial charge is 0.300 e. The predicted octanol–water partition coefficient (Wildman–Crippen LogP) is 6.39. The van der Waals surface area contributed by atoms with Gasteiger partial charge in [0, 0.05) is 12.3 Å². The van der Waals surface area contributed by atoms with Crippen LogP contribution in [0.3, 0.4) is 0 Å². The van der Waals surface area contributed by atoms with E-state index in [9.17, 15) is 9.59 Å². The van der Waals surface area contributed by atoms with Gasteiger partial charge in [-0.05, 0) is 87.0 Å². The summed E-state index contributed by atoms with van der Waals surface area (Å²) in [6.45, 7) is 12.2. The number of hydrogen-bond donors (Lipinski definition) is 0. The van der Waals surface area contributed by atoms with E-state index < -0.39 is 0 Å². The molecule has 3 saturated carbocycles. The van der Waals surface area contributed by atoms with Gasteiger partial charge in [0.15, 0.2) is 5.78 Å². The zero-order chi connectivity index (χ0) is 19.5. The third-order valence-electron chi connectivity index (χ3n) is 7.80. The zero-order valence-corrected chi connectivity index (χ0v) is 17.9. The number of hydrogen-bond acceptors (Lipinski definition) is 2. The second-order valence-corrected chi connectivity index (χ2v) is 8.56. The van der Waals surface area contributed by atoms with Gasteiger partial charge in [0.1, 0.15) is 5.78 Å². The van der Waals surface area contributed by atoms with Gasteiger partial charge in [-0.15, -0.1) is 0 Å². The van der Waals surface area contributed by atoms with Gasteiger partial charge in [0.25, 0.3) is 0 Å². The second kappa shape index (κ2) is 8.85. The summed E-state index contributed by atoms with van der Waals surface area (Å²) in [6.07, 6.45) is 11.1. The highest BCUT2D eigenvalue weighted by Gasteiger charge is 2.54. The molecule has 0 aliphatic heterocycles. The molecule has 0 N–H and O–H groups in total. The molecule has 148 valence electrons. The Morgan fingerprint density at radius 2 is 1.58 bits per heavy atom. The van der Waals surface area contributed by atoms with E-state index in [-0.39, 0.29) is 5.41 Å². The highest BCUT2D eigenvalue weighted by Crippen LogP contribution is 2.62. The lowest BCUT2D eigenvalue weighted by molar-refractivity contribution is -0.123. The fourth-order valence-electron chi connectivity index (χ4n) is 6.72. The minimum atomic E-state index is 0.274. The van der Waals surface area contributed by atoms with Crippen LogP contribution in [0.25, 0.3) is 0 Å². The van der Waals surface area contributed by atoms with Crippen LogP contribution in [0, 0.1) is 35.0 Å². The zero-order valence-electron chi connectivity index (χ0n) is 17.9. The Bertz CT molecular complexity index is 546. The molecule has 0 heterocycles. The Labute approximate surface area is 161 Å². The van der Waals surface area contributed by atoms with Crippen LogP contribution in [0.1, 0.15) is 92.9 Å². The van der Waals surface area contributed by atoms with Crippen LogP contribution >= 0.6 is 0 Å². The summed E-state index contributed by atoms with van der Waals surface area (Å²) in [6, 6.07) is 0. The fourth-order valence-corrected chi connectivity index (χ4v) is 6.72. The standard InChI is InChI=1S/C20H28O2.2C2H6/c1-12(21)15-5-6-17-16(15)7-8-19-18(17)4-3-13-11-14(22)9-10-20(13,19)2;2*1-2/h11,15-19H,3-10H2,1-2H3;2*1-2H3. The molecule has 3 fully saturated rings. The maximum atomic E-state index is 11.9. The van der Waals surface area contributed by atoms with Crippen molar-refractivity contribution in [3.63, 3.8) is 0 Å². The first-order valence-corrected chi connectivity index (χ1v) is 11.2. The van der Waals surface area contributed by atoms with E-state index >= 15 is 0 Å². The average molecular weight is 361 g/mol. The maximum Gasteiger partial charge on any atom is 0.155 e. The van der Waals surface area contributed by atoms with Crippen molar-refractivity contribution in [2.75, 3.05) is 0 Å². The summed E-state index contributed by atoms with van der Waals surface area (Å²) in [5.74, 6) is 4.13. The van der Waals surface area contributed by atoms with E-state index in [4.69, 9.17) is 0 Å². The molecule has 26 heavy (non-hydrogen) atoms. The molecule has 0 aromatic carbocycles. The third-order valence-corrected chi connectivity index (χ3v) is 7.80.